The summed E-state index contributed by atoms with van der Waals surface area (Å²) in [5.74, 6) is -1.46. The lowest BCUT2D eigenvalue weighted by atomic mass is 10.00. The van der Waals surface area contributed by atoms with Crippen molar-refractivity contribution < 1.29 is 8.78 Å². The smallest absolute Gasteiger partial charge is 0.166 e. The maximum Gasteiger partial charge on any atom is 0.166 e. The molecule has 2 aromatic carbocycles. The zero-order chi connectivity index (χ0) is 13.1. The largest absolute Gasteiger partial charge is 0.203 e. The Bertz CT molecular complexity index is 542. The van der Waals surface area contributed by atoms with Gasteiger partial charge in [0.25, 0.3) is 0 Å². The van der Waals surface area contributed by atoms with Crippen LogP contribution in [0.4, 0.5) is 8.78 Å². The molecule has 0 aliphatic heterocycles. The monoisotopic (exact) mass is 246 g/mol. The Morgan fingerprint density at radius 3 is 2.17 bits per heavy atom. The van der Waals surface area contributed by atoms with Gasteiger partial charge in [0.05, 0.1) is 0 Å². The second kappa shape index (κ2) is 5.30. The van der Waals surface area contributed by atoms with Gasteiger partial charge in [0.15, 0.2) is 11.6 Å². The quantitative estimate of drug-likeness (QED) is 0.723. The van der Waals surface area contributed by atoms with Crippen LogP contribution in [0.3, 0.4) is 0 Å². The minimum Gasteiger partial charge on any atom is -0.203 e. The molecular formula is C16H16F2. The third-order valence-electron chi connectivity index (χ3n) is 3.04. The van der Waals surface area contributed by atoms with Gasteiger partial charge in [-0.25, -0.2) is 8.78 Å². The number of hydrogen-bond acceptors (Lipinski definition) is 0. The summed E-state index contributed by atoms with van der Waals surface area (Å²) in [4.78, 5) is 0. The van der Waals surface area contributed by atoms with Crippen LogP contribution in [-0.2, 0) is 6.42 Å². The van der Waals surface area contributed by atoms with Crippen molar-refractivity contribution in [2.75, 3.05) is 0 Å². The molecule has 0 saturated carbocycles. The molecule has 0 aliphatic rings. The molecule has 0 bridgehead atoms. The van der Waals surface area contributed by atoms with Gasteiger partial charge >= 0.3 is 0 Å². The lowest BCUT2D eigenvalue weighted by molar-refractivity contribution is 0.500. The SMILES string of the molecule is CCCc1ccc(-c2ccc(C)cc2)c(F)c1F. The van der Waals surface area contributed by atoms with Gasteiger partial charge in [-0.3, -0.25) is 0 Å². The highest BCUT2D eigenvalue weighted by molar-refractivity contribution is 5.65. The number of aryl methyl sites for hydroxylation is 2. The van der Waals surface area contributed by atoms with E-state index in [-0.39, 0.29) is 0 Å². The summed E-state index contributed by atoms with van der Waals surface area (Å²) in [6, 6.07) is 10.8. The minimum absolute atomic E-state index is 0.326. The third-order valence-corrected chi connectivity index (χ3v) is 3.04. The predicted molar refractivity (Wildman–Crippen MR) is 70.5 cm³/mol. The number of benzene rings is 2. The molecule has 2 rings (SSSR count). The first-order valence-electron chi connectivity index (χ1n) is 6.17. The van der Waals surface area contributed by atoms with E-state index < -0.39 is 11.6 Å². The molecule has 0 heterocycles. The van der Waals surface area contributed by atoms with E-state index in [1.807, 2.05) is 38.1 Å². The summed E-state index contributed by atoms with van der Waals surface area (Å²) < 4.78 is 27.8. The van der Waals surface area contributed by atoms with E-state index in [4.69, 9.17) is 0 Å². The zero-order valence-corrected chi connectivity index (χ0v) is 10.6. The summed E-state index contributed by atoms with van der Waals surface area (Å²) >= 11 is 0. The van der Waals surface area contributed by atoms with Crippen molar-refractivity contribution >= 4 is 0 Å². The molecule has 0 unspecified atom stereocenters. The van der Waals surface area contributed by atoms with E-state index in [0.29, 0.717) is 23.1 Å². The van der Waals surface area contributed by atoms with E-state index in [0.717, 1.165) is 12.0 Å². The number of halogens is 2. The van der Waals surface area contributed by atoms with Crippen molar-refractivity contribution in [3.05, 3.63) is 59.2 Å². The standard InChI is InChI=1S/C16H16F2/c1-3-4-13-9-10-14(16(18)15(13)17)12-7-5-11(2)6-8-12/h5-10H,3-4H2,1-2H3. The van der Waals surface area contributed by atoms with Gasteiger partial charge in [-0.05, 0) is 24.5 Å². The highest BCUT2D eigenvalue weighted by Crippen LogP contribution is 2.27. The van der Waals surface area contributed by atoms with Crippen LogP contribution in [0.1, 0.15) is 24.5 Å². The summed E-state index contributed by atoms with van der Waals surface area (Å²) in [5.41, 5.74) is 2.58. The van der Waals surface area contributed by atoms with Crippen LogP contribution in [0.15, 0.2) is 36.4 Å². The molecule has 0 aliphatic carbocycles. The maximum atomic E-state index is 14.0. The van der Waals surface area contributed by atoms with E-state index in [1.54, 1.807) is 12.1 Å². The Morgan fingerprint density at radius 1 is 0.889 bits per heavy atom. The minimum atomic E-state index is -0.746. The lowest BCUT2D eigenvalue weighted by Gasteiger charge is -2.08. The van der Waals surface area contributed by atoms with Crippen molar-refractivity contribution in [2.45, 2.75) is 26.7 Å². The van der Waals surface area contributed by atoms with Crippen molar-refractivity contribution in [3.8, 4) is 11.1 Å². The Balaban J connectivity index is 2.46. The van der Waals surface area contributed by atoms with E-state index >= 15 is 0 Å². The van der Waals surface area contributed by atoms with Crippen LogP contribution >= 0.6 is 0 Å². The second-order valence-electron chi connectivity index (χ2n) is 4.52. The lowest BCUT2D eigenvalue weighted by Crippen LogP contribution is -1.97. The summed E-state index contributed by atoms with van der Waals surface area (Å²) in [6.07, 6.45) is 1.37. The van der Waals surface area contributed by atoms with Crippen LogP contribution in [0.25, 0.3) is 11.1 Å². The first-order valence-corrected chi connectivity index (χ1v) is 6.17. The summed E-state index contributed by atoms with van der Waals surface area (Å²) in [7, 11) is 0. The van der Waals surface area contributed by atoms with Gasteiger partial charge in [0.1, 0.15) is 0 Å². The highest BCUT2D eigenvalue weighted by Gasteiger charge is 2.13. The van der Waals surface area contributed by atoms with Crippen molar-refractivity contribution in [2.24, 2.45) is 0 Å². The normalized spacial score (nSPS) is 10.7. The van der Waals surface area contributed by atoms with Crippen LogP contribution < -0.4 is 0 Å². The zero-order valence-electron chi connectivity index (χ0n) is 10.6. The fourth-order valence-electron chi connectivity index (χ4n) is 2.01. The first kappa shape index (κ1) is 12.7. The molecule has 0 fully saturated rings. The molecule has 18 heavy (non-hydrogen) atoms. The second-order valence-corrected chi connectivity index (χ2v) is 4.52. The first-order chi connectivity index (χ1) is 8.63. The fraction of sp³-hybridized carbons (Fsp3) is 0.250. The molecule has 0 saturated heterocycles. The molecule has 0 spiro atoms. The molecule has 0 N–H and O–H groups in total. The molecular weight excluding hydrogens is 230 g/mol. The third kappa shape index (κ3) is 2.42. The molecule has 94 valence electrons. The molecule has 0 radical (unpaired) electrons. The highest BCUT2D eigenvalue weighted by atomic mass is 19.2. The molecule has 0 nitrogen and oxygen atoms in total. The Kier molecular flexibility index (Phi) is 3.75. The summed E-state index contributed by atoms with van der Waals surface area (Å²) in [5, 5.41) is 0. The Hall–Kier alpha value is -1.70. The van der Waals surface area contributed by atoms with Gasteiger partial charge in [0, 0.05) is 5.56 Å². The van der Waals surface area contributed by atoms with Gasteiger partial charge < -0.3 is 0 Å². The Labute approximate surface area is 106 Å². The predicted octanol–water partition coefficient (Wildman–Crippen LogP) is 4.89. The molecule has 0 atom stereocenters. The number of hydrogen-bond donors (Lipinski definition) is 0. The van der Waals surface area contributed by atoms with Gasteiger partial charge in [-0.1, -0.05) is 55.3 Å². The van der Waals surface area contributed by atoms with Gasteiger partial charge in [-0.15, -0.1) is 0 Å². The fourth-order valence-corrected chi connectivity index (χ4v) is 2.01. The Morgan fingerprint density at radius 2 is 1.56 bits per heavy atom. The maximum absolute atomic E-state index is 14.0. The van der Waals surface area contributed by atoms with Crippen molar-refractivity contribution in [1.82, 2.24) is 0 Å². The molecule has 2 aromatic rings. The average Bonchev–Trinajstić information content (AvgIpc) is 2.37. The topological polar surface area (TPSA) is 0 Å². The van der Waals surface area contributed by atoms with E-state index in [1.165, 1.54) is 0 Å². The van der Waals surface area contributed by atoms with Crippen LogP contribution in [0.5, 0.6) is 0 Å². The van der Waals surface area contributed by atoms with Gasteiger partial charge in [0.2, 0.25) is 0 Å². The van der Waals surface area contributed by atoms with Crippen molar-refractivity contribution in [3.63, 3.8) is 0 Å². The van der Waals surface area contributed by atoms with E-state index in [2.05, 4.69) is 0 Å². The average molecular weight is 246 g/mol. The molecule has 0 amide bonds. The number of rotatable bonds is 3. The summed E-state index contributed by atoms with van der Waals surface area (Å²) in [6.45, 7) is 3.91. The van der Waals surface area contributed by atoms with Crippen LogP contribution in [-0.4, -0.2) is 0 Å². The van der Waals surface area contributed by atoms with Crippen molar-refractivity contribution in [1.29, 1.82) is 0 Å². The molecule has 2 heteroatoms. The van der Waals surface area contributed by atoms with Crippen LogP contribution in [0, 0.1) is 18.6 Å². The van der Waals surface area contributed by atoms with Gasteiger partial charge in [-0.2, -0.15) is 0 Å². The van der Waals surface area contributed by atoms with E-state index in [9.17, 15) is 8.78 Å². The molecule has 0 aromatic heterocycles. The van der Waals surface area contributed by atoms with Crippen LogP contribution in [0.2, 0.25) is 0 Å².